The van der Waals surface area contributed by atoms with Gasteiger partial charge in [0, 0.05) is 0 Å². The second-order valence-electron chi connectivity index (χ2n) is 6.03. The first-order chi connectivity index (χ1) is 13.6. The maximum atomic E-state index is 12.2. The highest BCUT2D eigenvalue weighted by Crippen LogP contribution is 2.02. The lowest BCUT2D eigenvalue weighted by Crippen LogP contribution is -2.47. The maximum absolute atomic E-state index is 12.2. The van der Waals surface area contributed by atoms with Crippen LogP contribution in [-0.4, -0.2) is 30.6 Å². The molecule has 0 aromatic heterocycles. The molecule has 28 heavy (non-hydrogen) atoms. The van der Waals surface area contributed by atoms with Crippen LogP contribution in [0.1, 0.15) is 24.5 Å². The minimum atomic E-state index is -0.801. The van der Waals surface area contributed by atoms with Crippen molar-refractivity contribution in [2.24, 2.45) is 0 Å². The Morgan fingerprint density at radius 1 is 0.857 bits per heavy atom. The van der Waals surface area contributed by atoms with Gasteiger partial charge in [0.2, 0.25) is 5.91 Å². The zero-order valence-corrected chi connectivity index (χ0v) is 15.7. The zero-order chi connectivity index (χ0) is 20.2. The fraction of sp³-hybridized carbons (Fsp3) is 0.286. The van der Waals surface area contributed by atoms with E-state index < -0.39 is 24.0 Å². The second kappa shape index (κ2) is 11.4. The number of carbonyl (C=O) groups is 3. The predicted molar refractivity (Wildman–Crippen MR) is 103 cm³/mol. The first-order valence-corrected chi connectivity index (χ1v) is 9.03. The highest BCUT2D eigenvalue weighted by molar-refractivity contribution is 5.88. The predicted octanol–water partition coefficient (Wildman–Crippen LogP) is 2.55. The van der Waals surface area contributed by atoms with Gasteiger partial charge < -0.3 is 20.1 Å². The molecule has 148 valence electrons. The van der Waals surface area contributed by atoms with E-state index in [2.05, 4.69) is 10.6 Å². The van der Waals surface area contributed by atoms with Crippen molar-refractivity contribution in [3.05, 3.63) is 71.8 Å². The van der Waals surface area contributed by atoms with Crippen LogP contribution in [0.25, 0.3) is 0 Å². The number of alkyl carbamates (subject to hydrolysis) is 1. The number of rotatable bonds is 9. The first kappa shape index (κ1) is 21.0. The molecule has 2 amide bonds. The summed E-state index contributed by atoms with van der Waals surface area (Å²) in [5.74, 6) is -1.03. The largest absolute Gasteiger partial charge is 0.460 e. The van der Waals surface area contributed by atoms with Gasteiger partial charge in [-0.15, -0.1) is 0 Å². The van der Waals surface area contributed by atoms with Gasteiger partial charge in [0.05, 0.1) is 0 Å². The summed E-state index contributed by atoms with van der Waals surface area (Å²) in [6.45, 7) is 1.71. The van der Waals surface area contributed by atoms with E-state index in [1.165, 1.54) is 0 Å². The van der Waals surface area contributed by atoms with Gasteiger partial charge in [-0.05, 0) is 17.5 Å². The number of hydrogen-bond acceptors (Lipinski definition) is 5. The molecule has 2 N–H and O–H groups in total. The van der Waals surface area contributed by atoms with Crippen molar-refractivity contribution in [2.45, 2.75) is 32.6 Å². The van der Waals surface area contributed by atoms with E-state index in [4.69, 9.17) is 9.47 Å². The third kappa shape index (κ3) is 7.49. The molecule has 0 saturated heterocycles. The van der Waals surface area contributed by atoms with Gasteiger partial charge in [0.1, 0.15) is 25.8 Å². The average Bonchev–Trinajstić information content (AvgIpc) is 2.74. The standard InChI is InChI=1S/C21H24N2O5/c1-2-18(23-21(26)28-15-17-11-7-4-8-12-17)20(25)22-13-19(24)27-14-16-9-5-3-6-10-16/h3-12,18H,2,13-15H2,1H3,(H,22,25)(H,23,26)/t18-/m0/s1. The molecule has 0 saturated carbocycles. The van der Waals surface area contributed by atoms with Crippen molar-refractivity contribution in [2.75, 3.05) is 6.54 Å². The van der Waals surface area contributed by atoms with Crippen molar-refractivity contribution in [3.63, 3.8) is 0 Å². The number of nitrogens with one attached hydrogen (secondary N) is 2. The lowest BCUT2D eigenvalue weighted by molar-refractivity contribution is -0.145. The SMILES string of the molecule is CC[C@H](NC(=O)OCc1ccccc1)C(=O)NCC(=O)OCc1ccccc1. The molecule has 1 atom stereocenters. The molecule has 2 aromatic carbocycles. The van der Waals surface area contributed by atoms with E-state index >= 15 is 0 Å². The minimum Gasteiger partial charge on any atom is -0.460 e. The van der Waals surface area contributed by atoms with Crippen LogP contribution in [0.2, 0.25) is 0 Å². The molecule has 2 aromatic rings. The number of carbonyl (C=O) groups excluding carboxylic acids is 3. The number of benzene rings is 2. The van der Waals surface area contributed by atoms with Gasteiger partial charge in [-0.2, -0.15) is 0 Å². The molecule has 0 aliphatic carbocycles. The Kier molecular flexibility index (Phi) is 8.52. The third-order valence-electron chi connectivity index (χ3n) is 3.88. The average molecular weight is 384 g/mol. The quantitative estimate of drug-likeness (QED) is 0.648. The van der Waals surface area contributed by atoms with Crippen LogP contribution < -0.4 is 10.6 Å². The molecule has 0 bridgehead atoms. The molecule has 0 unspecified atom stereocenters. The molecule has 7 nitrogen and oxygen atoms in total. The van der Waals surface area contributed by atoms with E-state index in [0.717, 1.165) is 11.1 Å². The van der Waals surface area contributed by atoms with Crippen molar-refractivity contribution < 1.29 is 23.9 Å². The van der Waals surface area contributed by atoms with E-state index in [1.807, 2.05) is 60.7 Å². The van der Waals surface area contributed by atoms with Gasteiger partial charge in [-0.25, -0.2) is 4.79 Å². The fourth-order valence-electron chi connectivity index (χ4n) is 2.33. The van der Waals surface area contributed by atoms with Crippen LogP contribution in [0, 0.1) is 0 Å². The van der Waals surface area contributed by atoms with Crippen molar-refractivity contribution in [1.82, 2.24) is 10.6 Å². The Morgan fingerprint density at radius 3 is 1.93 bits per heavy atom. The van der Waals surface area contributed by atoms with E-state index in [0.29, 0.717) is 6.42 Å². The number of amides is 2. The Morgan fingerprint density at radius 2 is 1.39 bits per heavy atom. The summed E-state index contributed by atoms with van der Waals surface area (Å²) in [6, 6.07) is 17.7. The molecular weight excluding hydrogens is 360 g/mol. The number of esters is 1. The Hall–Kier alpha value is -3.35. The normalized spacial score (nSPS) is 11.2. The van der Waals surface area contributed by atoms with Gasteiger partial charge in [0.15, 0.2) is 0 Å². The molecule has 0 fully saturated rings. The molecule has 2 rings (SSSR count). The fourth-order valence-corrected chi connectivity index (χ4v) is 2.33. The Bertz CT molecular complexity index is 765. The van der Waals surface area contributed by atoms with E-state index in [-0.39, 0.29) is 19.8 Å². The molecule has 0 aliphatic heterocycles. The summed E-state index contributed by atoms with van der Waals surface area (Å²) in [7, 11) is 0. The minimum absolute atomic E-state index is 0.108. The number of ether oxygens (including phenoxy) is 2. The van der Waals surface area contributed by atoms with Crippen LogP contribution >= 0.6 is 0 Å². The summed E-state index contributed by atoms with van der Waals surface area (Å²) in [4.78, 5) is 35.8. The third-order valence-corrected chi connectivity index (χ3v) is 3.88. The van der Waals surface area contributed by atoms with Gasteiger partial charge in [0.25, 0.3) is 0 Å². The summed E-state index contributed by atoms with van der Waals surface area (Å²) < 4.78 is 10.2. The number of hydrogen-bond donors (Lipinski definition) is 2. The van der Waals surface area contributed by atoms with Crippen LogP contribution in [0.5, 0.6) is 0 Å². The second-order valence-corrected chi connectivity index (χ2v) is 6.03. The Labute approximate surface area is 164 Å². The van der Waals surface area contributed by atoms with Gasteiger partial charge in [-0.3, -0.25) is 9.59 Å². The van der Waals surface area contributed by atoms with Crippen molar-refractivity contribution in [1.29, 1.82) is 0 Å². The molecule has 0 spiro atoms. The Balaban J connectivity index is 1.69. The van der Waals surface area contributed by atoms with Crippen molar-refractivity contribution in [3.8, 4) is 0 Å². The van der Waals surface area contributed by atoms with Gasteiger partial charge >= 0.3 is 12.1 Å². The highest BCUT2D eigenvalue weighted by Gasteiger charge is 2.20. The summed E-state index contributed by atoms with van der Waals surface area (Å²) in [5, 5.41) is 4.96. The van der Waals surface area contributed by atoms with Crippen molar-refractivity contribution >= 4 is 18.0 Å². The molecule has 0 aliphatic rings. The van der Waals surface area contributed by atoms with Gasteiger partial charge in [-0.1, -0.05) is 67.6 Å². The lowest BCUT2D eigenvalue weighted by Gasteiger charge is -2.16. The van der Waals surface area contributed by atoms with E-state index in [1.54, 1.807) is 6.92 Å². The lowest BCUT2D eigenvalue weighted by atomic mass is 10.2. The van der Waals surface area contributed by atoms with Crippen LogP contribution in [0.3, 0.4) is 0 Å². The van der Waals surface area contributed by atoms with E-state index in [9.17, 15) is 14.4 Å². The molecule has 0 heterocycles. The summed E-state index contributed by atoms with van der Waals surface area (Å²) in [6.07, 6.45) is -0.344. The first-order valence-electron chi connectivity index (χ1n) is 9.03. The maximum Gasteiger partial charge on any atom is 0.408 e. The summed E-state index contributed by atoms with van der Waals surface area (Å²) in [5.41, 5.74) is 1.70. The smallest absolute Gasteiger partial charge is 0.408 e. The zero-order valence-electron chi connectivity index (χ0n) is 15.7. The molecular formula is C21H24N2O5. The monoisotopic (exact) mass is 384 g/mol. The van der Waals surface area contributed by atoms with Crippen LogP contribution in [0.4, 0.5) is 4.79 Å². The summed E-state index contributed by atoms with van der Waals surface area (Å²) >= 11 is 0. The highest BCUT2D eigenvalue weighted by atomic mass is 16.5. The molecule has 0 radical (unpaired) electrons. The van der Waals surface area contributed by atoms with Crippen LogP contribution in [0.15, 0.2) is 60.7 Å². The van der Waals surface area contributed by atoms with Crippen LogP contribution in [-0.2, 0) is 32.3 Å². The topological polar surface area (TPSA) is 93.7 Å². The molecule has 7 heteroatoms.